The highest BCUT2D eigenvalue weighted by molar-refractivity contribution is 6.10. The summed E-state index contributed by atoms with van der Waals surface area (Å²) < 4.78 is 2.34. The molecule has 1 heterocycles. The van der Waals surface area contributed by atoms with Gasteiger partial charge < -0.3 is 4.57 Å². The number of aromatic nitrogens is 1. The largest absolute Gasteiger partial charge is 0.309 e. The van der Waals surface area contributed by atoms with Gasteiger partial charge >= 0.3 is 0 Å². The van der Waals surface area contributed by atoms with Crippen molar-refractivity contribution < 1.29 is 0 Å². The zero-order chi connectivity index (χ0) is 24.8. The Bertz CT molecular complexity index is 1880. The van der Waals surface area contributed by atoms with E-state index < -0.39 is 0 Å². The Morgan fingerprint density at radius 2 is 1.11 bits per heavy atom. The number of hydrogen-bond acceptors (Lipinski definition) is 2. The van der Waals surface area contributed by atoms with Crippen LogP contribution in [0.4, 0.5) is 11.4 Å². The van der Waals surface area contributed by atoms with Crippen molar-refractivity contribution in [2.45, 2.75) is 0 Å². The normalized spacial score (nSPS) is 11.4. The third-order valence-electron chi connectivity index (χ3n) is 7.18. The van der Waals surface area contributed by atoms with Crippen LogP contribution < -0.4 is 10.9 Å². The molecule has 0 aliphatic carbocycles. The van der Waals surface area contributed by atoms with Crippen LogP contribution in [0.5, 0.6) is 0 Å². The minimum absolute atomic E-state index is 0.942. The number of benzene rings is 6. The quantitative estimate of drug-likeness (QED) is 0.204. The maximum atomic E-state index is 6.65. The molecule has 0 saturated heterocycles. The lowest BCUT2D eigenvalue weighted by Crippen LogP contribution is -2.24. The van der Waals surface area contributed by atoms with Crippen LogP contribution in [0.25, 0.3) is 49.4 Å². The molecule has 0 spiro atoms. The van der Waals surface area contributed by atoms with Crippen molar-refractivity contribution in [1.29, 1.82) is 0 Å². The molecule has 0 saturated carbocycles. The van der Waals surface area contributed by atoms with Gasteiger partial charge in [0.05, 0.1) is 22.4 Å². The predicted molar refractivity (Wildman–Crippen MR) is 156 cm³/mol. The van der Waals surface area contributed by atoms with E-state index in [1.165, 1.54) is 38.2 Å². The fourth-order valence-electron chi connectivity index (χ4n) is 5.30. The molecule has 37 heavy (non-hydrogen) atoms. The third kappa shape index (κ3) is 3.65. The lowest BCUT2D eigenvalue weighted by Gasteiger charge is -2.19. The number of nitrogens with two attached hydrogens (primary N) is 1. The van der Waals surface area contributed by atoms with E-state index in [0.29, 0.717) is 0 Å². The average molecular weight is 476 g/mol. The number of para-hydroxylation sites is 1. The van der Waals surface area contributed by atoms with Crippen LogP contribution in [0.3, 0.4) is 0 Å². The summed E-state index contributed by atoms with van der Waals surface area (Å²) in [6, 6.07) is 49.0. The van der Waals surface area contributed by atoms with Gasteiger partial charge in [-0.05, 0) is 70.4 Å². The van der Waals surface area contributed by atoms with Gasteiger partial charge in [-0.25, -0.2) is 5.84 Å². The number of hydrogen-bond donors (Lipinski definition) is 1. The Labute approximate surface area is 215 Å². The Balaban J connectivity index is 1.33. The minimum Gasteiger partial charge on any atom is -0.309 e. The third-order valence-corrected chi connectivity index (χ3v) is 7.18. The van der Waals surface area contributed by atoms with Crippen LogP contribution in [0.1, 0.15) is 0 Å². The molecule has 0 amide bonds. The molecule has 3 nitrogen and oxygen atoms in total. The second-order valence-electron chi connectivity index (χ2n) is 9.37. The lowest BCUT2D eigenvalue weighted by atomic mass is 10.1. The van der Waals surface area contributed by atoms with Gasteiger partial charge in [-0.3, -0.25) is 5.01 Å². The van der Waals surface area contributed by atoms with Gasteiger partial charge in [-0.15, -0.1) is 0 Å². The molecule has 7 aromatic rings. The predicted octanol–water partition coefficient (Wildman–Crippen LogP) is 8.62. The zero-order valence-corrected chi connectivity index (χ0v) is 20.3. The van der Waals surface area contributed by atoms with E-state index >= 15 is 0 Å². The van der Waals surface area contributed by atoms with Gasteiger partial charge in [0.2, 0.25) is 0 Å². The van der Waals surface area contributed by atoms with Gasteiger partial charge in [0.1, 0.15) is 0 Å². The van der Waals surface area contributed by atoms with Crippen molar-refractivity contribution in [2.75, 3.05) is 5.01 Å². The summed E-state index contributed by atoms with van der Waals surface area (Å²) in [5, 5.41) is 6.62. The fourth-order valence-corrected chi connectivity index (χ4v) is 5.30. The SMILES string of the molecule is NN(c1ccc(-c2ccccc2)cc1)c1ccc2c(c1)c1ccccc1n2-c1ccc2ccccc2c1. The van der Waals surface area contributed by atoms with Crippen molar-refractivity contribution in [2.24, 2.45) is 5.84 Å². The second-order valence-corrected chi connectivity index (χ2v) is 9.37. The number of rotatable bonds is 4. The van der Waals surface area contributed by atoms with E-state index in [9.17, 15) is 0 Å². The molecule has 0 aliphatic heterocycles. The van der Waals surface area contributed by atoms with Crippen molar-refractivity contribution in [1.82, 2.24) is 4.57 Å². The molecule has 2 N–H and O–H groups in total. The van der Waals surface area contributed by atoms with E-state index in [1.807, 2.05) is 6.07 Å². The van der Waals surface area contributed by atoms with E-state index in [-0.39, 0.29) is 0 Å². The smallest absolute Gasteiger partial charge is 0.0582 e. The lowest BCUT2D eigenvalue weighted by molar-refractivity contribution is 1.09. The zero-order valence-electron chi connectivity index (χ0n) is 20.3. The van der Waals surface area contributed by atoms with Crippen molar-refractivity contribution in [3.8, 4) is 16.8 Å². The van der Waals surface area contributed by atoms with E-state index in [2.05, 4.69) is 138 Å². The monoisotopic (exact) mass is 475 g/mol. The van der Waals surface area contributed by atoms with Crippen LogP contribution in [0.15, 0.2) is 140 Å². The Morgan fingerprint density at radius 3 is 1.95 bits per heavy atom. The van der Waals surface area contributed by atoms with Gasteiger partial charge in [0.15, 0.2) is 0 Å². The van der Waals surface area contributed by atoms with Crippen LogP contribution >= 0.6 is 0 Å². The van der Waals surface area contributed by atoms with Crippen LogP contribution in [0.2, 0.25) is 0 Å². The summed E-state index contributed by atoms with van der Waals surface area (Å²) in [5.74, 6) is 6.65. The van der Waals surface area contributed by atoms with E-state index in [0.717, 1.165) is 22.6 Å². The first kappa shape index (κ1) is 21.4. The summed E-state index contributed by atoms with van der Waals surface area (Å²) in [4.78, 5) is 0. The average Bonchev–Trinajstić information content (AvgIpc) is 3.31. The minimum atomic E-state index is 0.942. The van der Waals surface area contributed by atoms with Crippen LogP contribution in [0, 0.1) is 0 Å². The first-order chi connectivity index (χ1) is 18.3. The van der Waals surface area contributed by atoms with Gasteiger partial charge in [-0.1, -0.05) is 91.0 Å². The molecular formula is C34H25N3. The van der Waals surface area contributed by atoms with Crippen LogP contribution in [-0.4, -0.2) is 4.57 Å². The molecule has 7 rings (SSSR count). The molecule has 0 aliphatic rings. The van der Waals surface area contributed by atoms with Gasteiger partial charge in [-0.2, -0.15) is 0 Å². The summed E-state index contributed by atoms with van der Waals surface area (Å²) >= 11 is 0. The Hall–Kier alpha value is -4.86. The highest BCUT2D eigenvalue weighted by atomic mass is 15.4. The molecule has 6 aromatic carbocycles. The number of fused-ring (bicyclic) bond motifs is 4. The van der Waals surface area contributed by atoms with Crippen molar-refractivity contribution >= 4 is 44.0 Å². The standard InChI is InChI=1S/C34H25N3/c35-37(28-17-14-26(15-18-28)24-8-2-1-3-9-24)30-20-21-34-32(23-30)31-12-6-7-13-33(31)36(34)29-19-16-25-10-4-5-11-27(25)22-29/h1-23H,35H2. The first-order valence-electron chi connectivity index (χ1n) is 12.5. The number of nitrogens with zero attached hydrogens (tertiary/aromatic N) is 2. The number of anilines is 2. The maximum absolute atomic E-state index is 6.65. The summed E-state index contributed by atoms with van der Waals surface area (Å²) in [6.45, 7) is 0. The highest BCUT2D eigenvalue weighted by Gasteiger charge is 2.15. The van der Waals surface area contributed by atoms with Crippen LogP contribution in [-0.2, 0) is 0 Å². The highest BCUT2D eigenvalue weighted by Crippen LogP contribution is 2.36. The van der Waals surface area contributed by atoms with E-state index in [4.69, 9.17) is 5.84 Å². The summed E-state index contributed by atoms with van der Waals surface area (Å²) in [6.07, 6.45) is 0. The first-order valence-corrected chi connectivity index (χ1v) is 12.5. The second kappa shape index (κ2) is 8.66. The summed E-state index contributed by atoms with van der Waals surface area (Å²) in [5.41, 5.74) is 7.75. The number of hydrazine groups is 1. The Kier molecular flexibility index (Phi) is 5.02. The molecule has 0 atom stereocenters. The summed E-state index contributed by atoms with van der Waals surface area (Å²) in [7, 11) is 0. The fraction of sp³-hybridized carbons (Fsp3) is 0. The van der Waals surface area contributed by atoms with Crippen molar-refractivity contribution in [3.63, 3.8) is 0 Å². The van der Waals surface area contributed by atoms with Gasteiger partial charge in [0.25, 0.3) is 0 Å². The maximum Gasteiger partial charge on any atom is 0.0582 e. The topological polar surface area (TPSA) is 34.2 Å². The van der Waals surface area contributed by atoms with Gasteiger partial charge in [0, 0.05) is 16.5 Å². The molecule has 0 unspecified atom stereocenters. The molecule has 0 bridgehead atoms. The molecule has 3 heteroatoms. The molecular weight excluding hydrogens is 450 g/mol. The van der Waals surface area contributed by atoms with E-state index in [1.54, 1.807) is 5.01 Å². The van der Waals surface area contributed by atoms with Crippen molar-refractivity contribution in [3.05, 3.63) is 140 Å². The molecule has 0 fully saturated rings. The molecule has 0 radical (unpaired) electrons. The molecule has 1 aromatic heterocycles. The Morgan fingerprint density at radius 1 is 0.459 bits per heavy atom. The molecule has 176 valence electrons.